The first-order valence-electron chi connectivity index (χ1n) is 11.2. The Morgan fingerprint density at radius 2 is 0.714 bits per heavy atom. The average molecular weight is 371 g/mol. The van der Waals surface area contributed by atoms with Gasteiger partial charge in [0.05, 0.1) is 0 Å². The van der Waals surface area contributed by atoms with Gasteiger partial charge in [0.2, 0.25) is 0 Å². The van der Waals surface area contributed by atoms with E-state index in [2.05, 4.69) is 97.2 Å². The summed E-state index contributed by atoms with van der Waals surface area (Å²) in [6.45, 7) is 0. The molecule has 4 aliphatic rings. The first-order chi connectivity index (χ1) is 13.9. The Hall–Kier alpha value is -2.08. The SMILES string of the molecule is C1=CCC(C(CCC(C2C=CC=CC2)C2C=CC=CC2)C2C=CC=CC2)C=C1. The monoisotopic (exact) mass is 370 g/mol. The molecule has 4 unspecified atom stereocenters. The molecule has 0 heteroatoms. The molecule has 0 spiro atoms. The van der Waals surface area contributed by atoms with E-state index in [0.717, 1.165) is 11.8 Å². The van der Waals surface area contributed by atoms with Crippen molar-refractivity contribution in [2.75, 3.05) is 0 Å². The van der Waals surface area contributed by atoms with Crippen LogP contribution in [0.1, 0.15) is 38.5 Å². The van der Waals surface area contributed by atoms with Crippen LogP contribution >= 0.6 is 0 Å². The molecule has 0 aromatic carbocycles. The predicted molar refractivity (Wildman–Crippen MR) is 122 cm³/mol. The van der Waals surface area contributed by atoms with Gasteiger partial charge in [-0.1, -0.05) is 97.2 Å². The summed E-state index contributed by atoms with van der Waals surface area (Å²) in [6, 6.07) is 0. The van der Waals surface area contributed by atoms with Gasteiger partial charge in [-0.25, -0.2) is 0 Å². The highest BCUT2D eigenvalue weighted by Crippen LogP contribution is 2.41. The molecule has 146 valence electrons. The van der Waals surface area contributed by atoms with Gasteiger partial charge < -0.3 is 0 Å². The number of allylic oxidation sites excluding steroid dienone is 16. The molecule has 0 aromatic rings. The zero-order valence-corrected chi connectivity index (χ0v) is 16.9. The maximum Gasteiger partial charge on any atom is -0.0162 e. The van der Waals surface area contributed by atoms with Crippen LogP contribution in [0.15, 0.2) is 97.2 Å². The van der Waals surface area contributed by atoms with Crippen LogP contribution in [0.25, 0.3) is 0 Å². The molecule has 0 saturated heterocycles. The summed E-state index contributed by atoms with van der Waals surface area (Å²) in [5.41, 5.74) is 0. The van der Waals surface area contributed by atoms with Crippen molar-refractivity contribution in [2.45, 2.75) is 38.5 Å². The van der Waals surface area contributed by atoms with E-state index in [-0.39, 0.29) is 0 Å². The molecule has 0 aliphatic heterocycles. The molecule has 28 heavy (non-hydrogen) atoms. The van der Waals surface area contributed by atoms with E-state index in [0.29, 0.717) is 23.7 Å². The van der Waals surface area contributed by atoms with Crippen molar-refractivity contribution in [2.24, 2.45) is 35.5 Å². The van der Waals surface area contributed by atoms with Crippen molar-refractivity contribution < 1.29 is 0 Å². The molecule has 0 bridgehead atoms. The molecule has 4 rings (SSSR count). The Morgan fingerprint density at radius 1 is 0.429 bits per heavy atom. The molecule has 0 saturated carbocycles. The van der Waals surface area contributed by atoms with Crippen molar-refractivity contribution in [1.29, 1.82) is 0 Å². The van der Waals surface area contributed by atoms with Crippen LogP contribution in [0.2, 0.25) is 0 Å². The fraction of sp³-hybridized carbons (Fsp3) is 0.429. The molecule has 0 amide bonds. The minimum atomic E-state index is 0.690. The summed E-state index contributed by atoms with van der Waals surface area (Å²) >= 11 is 0. The van der Waals surface area contributed by atoms with Crippen LogP contribution < -0.4 is 0 Å². The van der Waals surface area contributed by atoms with E-state index in [9.17, 15) is 0 Å². The summed E-state index contributed by atoms with van der Waals surface area (Å²) in [6.07, 6.45) is 44.7. The third-order valence-corrected chi connectivity index (χ3v) is 7.09. The maximum atomic E-state index is 2.47. The smallest absolute Gasteiger partial charge is 0.0162 e. The normalized spacial score (nSPS) is 32.7. The highest BCUT2D eigenvalue weighted by atomic mass is 14.4. The predicted octanol–water partition coefficient (Wildman–Crippen LogP) is 7.53. The summed E-state index contributed by atoms with van der Waals surface area (Å²) in [7, 11) is 0. The first kappa shape index (κ1) is 19.2. The molecule has 0 heterocycles. The van der Waals surface area contributed by atoms with Crippen LogP contribution in [-0.2, 0) is 0 Å². The topological polar surface area (TPSA) is 0 Å². The summed E-state index contributed by atoms with van der Waals surface area (Å²) < 4.78 is 0. The first-order valence-corrected chi connectivity index (χ1v) is 11.2. The second kappa shape index (κ2) is 9.92. The third-order valence-electron chi connectivity index (χ3n) is 7.09. The molecule has 0 radical (unpaired) electrons. The minimum Gasteiger partial charge on any atom is -0.0840 e. The highest BCUT2D eigenvalue weighted by molar-refractivity contribution is 5.18. The van der Waals surface area contributed by atoms with Crippen LogP contribution in [0.5, 0.6) is 0 Å². The Labute approximate surface area is 171 Å². The van der Waals surface area contributed by atoms with Crippen LogP contribution in [-0.4, -0.2) is 0 Å². The summed E-state index contributed by atoms with van der Waals surface area (Å²) in [5, 5.41) is 0. The zero-order valence-electron chi connectivity index (χ0n) is 16.9. The molecule has 4 aliphatic carbocycles. The molecular formula is C28H34. The van der Waals surface area contributed by atoms with Gasteiger partial charge in [0.15, 0.2) is 0 Å². The Balaban J connectivity index is 1.48. The van der Waals surface area contributed by atoms with Gasteiger partial charge in [0.25, 0.3) is 0 Å². The molecule has 0 N–H and O–H groups in total. The molecule has 0 fully saturated rings. The van der Waals surface area contributed by atoms with Crippen LogP contribution in [0, 0.1) is 35.5 Å². The third kappa shape index (κ3) is 4.85. The van der Waals surface area contributed by atoms with E-state index in [1.54, 1.807) is 0 Å². The van der Waals surface area contributed by atoms with Crippen molar-refractivity contribution in [3.05, 3.63) is 97.2 Å². The van der Waals surface area contributed by atoms with Crippen LogP contribution in [0.4, 0.5) is 0 Å². The van der Waals surface area contributed by atoms with E-state index in [1.165, 1.54) is 38.5 Å². The Bertz CT molecular complexity index is 612. The lowest BCUT2D eigenvalue weighted by atomic mass is 9.68. The van der Waals surface area contributed by atoms with Gasteiger partial charge >= 0.3 is 0 Å². The number of rotatable bonds is 7. The van der Waals surface area contributed by atoms with E-state index in [4.69, 9.17) is 0 Å². The van der Waals surface area contributed by atoms with Crippen LogP contribution in [0.3, 0.4) is 0 Å². The Kier molecular flexibility index (Phi) is 6.82. The van der Waals surface area contributed by atoms with Crippen molar-refractivity contribution in [3.63, 3.8) is 0 Å². The fourth-order valence-electron chi connectivity index (χ4n) is 5.55. The summed E-state index contributed by atoms with van der Waals surface area (Å²) in [5.74, 6) is 4.25. The lowest BCUT2D eigenvalue weighted by molar-refractivity contribution is 0.216. The molecular weight excluding hydrogens is 336 g/mol. The van der Waals surface area contributed by atoms with Crippen molar-refractivity contribution in [3.8, 4) is 0 Å². The van der Waals surface area contributed by atoms with E-state index < -0.39 is 0 Å². The molecule has 0 nitrogen and oxygen atoms in total. The second-order valence-electron chi connectivity index (χ2n) is 8.76. The van der Waals surface area contributed by atoms with Gasteiger partial charge in [-0.2, -0.15) is 0 Å². The number of hydrogen-bond donors (Lipinski definition) is 0. The van der Waals surface area contributed by atoms with E-state index in [1.807, 2.05) is 0 Å². The maximum absolute atomic E-state index is 2.47. The van der Waals surface area contributed by atoms with Gasteiger partial charge in [-0.3, -0.25) is 0 Å². The summed E-state index contributed by atoms with van der Waals surface area (Å²) in [4.78, 5) is 0. The second-order valence-corrected chi connectivity index (χ2v) is 8.76. The highest BCUT2D eigenvalue weighted by Gasteiger charge is 2.31. The average Bonchev–Trinajstić information content (AvgIpc) is 2.79. The van der Waals surface area contributed by atoms with Gasteiger partial charge in [-0.05, 0) is 74.0 Å². The van der Waals surface area contributed by atoms with Gasteiger partial charge in [0.1, 0.15) is 0 Å². The largest absolute Gasteiger partial charge is 0.0840 e. The molecule has 4 atom stereocenters. The fourth-order valence-corrected chi connectivity index (χ4v) is 5.55. The van der Waals surface area contributed by atoms with Gasteiger partial charge in [0, 0.05) is 0 Å². The lowest BCUT2D eigenvalue weighted by Gasteiger charge is -2.36. The number of hydrogen-bond acceptors (Lipinski definition) is 0. The van der Waals surface area contributed by atoms with Crippen molar-refractivity contribution >= 4 is 0 Å². The standard InChI is InChI=1S/C28H34/c1-5-13-23(14-6-1)27(24-15-7-2-8-16-24)21-22-28(25-17-9-3-10-18-25)26-19-11-4-12-20-26/h1-13,15,17,19,23-28H,14,16,18,20-22H2. The van der Waals surface area contributed by atoms with Gasteiger partial charge in [-0.15, -0.1) is 0 Å². The zero-order chi connectivity index (χ0) is 19.0. The Morgan fingerprint density at radius 3 is 0.929 bits per heavy atom. The molecule has 0 aromatic heterocycles. The lowest BCUT2D eigenvalue weighted by Crippen LogP contribution is -2.27. The quantitative estimate of drug-likeness (QED) is 0.434. The van der Waals surface area contributed by atoms with E-state index >= 15 is 0 Å². The van der Waals surface area contributed by atoms with Crippen molar-refractivity contribution in [1.82, 2.24) is 0 Å². The minimum absolute atomic E-state index is 0.690.